The first-order valence-corrected chi connectivity index (χ1v) is 10.3. The van der Waals surface area contributed by atoms with Crippen molar-refractivity contribution < 1.29 is 13.2 Å². The standard InChI is InChI=1S/C20H28N2O3S/c1-5-25-19-10-6-17(7-11-19)14-21-15-18-8-12-20(13-9-18)26(23,24)22(4)16(2)3/h6-13,16,21H,5,14-15H2,1-4H3. The van der Waals surface area contributed by atoms with Crippen molar-refractivity contribution in [3.63, 3.8) is 0 Å². The summed E-state index contributed by atoms with van der Waals surface area (Å²) in [6.07, 6.45) is 0. The molecule has 0 saturated heterocycles. The second kappa shape index (κ2) is 9.16. The third-order valence-corrected chi connectivity index (χ3v) is 6.27. The van der Waals surface area contributed by atoms with Crippen LogP contribution >= 0.6 is 0 Å². The molecule has 6 heteroatoms. The fourth-order valence-corrected chi connectivity index (χ4v) is 3.81. The first-order valence-electron chi connectivity index (χ1n) is 8.84. The maximum atomic E-state index is 12.5. The Hall–Kier alpha value is -1.89. The summed E-state index contributed by atoms with van der Waals surface area (Å²) in [5.41, 5.74) is 2.22. The lowest BCUT2D eigenvalue weighted by Crippen LogP contribution is -2.33. The number of hydrogen-bond donors (Lipinski definition) is 1. The highest BCUT2D eigenvalue weighted by atomic mass is 32.2. The van der Waals surface area contributed by atoms with Gasteiger partial charge >= 0.3 is 0 Å². The quantitative estimate of drug-likeness (QED) is 0.729. The topological polar surface area (TPSA) is 58.6 Å². The highest BCUT2D eigenvalue weighted by Crippen LogP contribution is 2.17. The Bertz CT molecular complexity index is 785. The van der Waals surface area contributed by atoms with Crippen molar-refractivity contribution in [1.29, 1.82) is 0 Å². The zero-order chi connectivity index (χ0) is 19.2. The highest BCUT2D eigenvalue weighted by molar-refractivity contribution is 7.89. The van der Waals surface area contributed by atoms with Crippen LogP contribution in [0, 0.1) is 0 Å². The smallest absolute Gasteiger partial charge is 0.243 e. The summed E-state index contributed by atoms with van der Waals surface area (Å²) in [5.74, 6) is 0.874. The van der Waals surface area contributed by atoms with Crippen molar-refractivity contribution in [2.24, 2.45) is 0 Å². The van der Waals surface area contributed by atoms with Crippen LogP contribution in [0.25, 0.3) is 0 Å². The first kappa shape index (κ1) is 20.4. The number of ether oxygens (including phenoxy) is 1. The lowest BCUT2D eigenvalue weighted by atomic mass is 10.2. The van der Waals surface area contributed by atoms with Gasteiger partial charge in [-0.15, -0.1) is 0 Å². The van der Waals surface area contributed by atoms with E-state index in [1.807, 2.05) is 57.2 Å². The monoisotopic (exact) mass is 376 g/mol. The van der Waals surface area contributed by atoms with Crippen LogP contribution in [0.4, 0.5) is 0 Å². The largest absolute Gasteiger partial charge is 0.494 e. The molecule has 0 spiro atoms. The molecule has 142 valence electrons. The van der Waals surface area contributed by atoms with Gasteiger partial charge in [0.25, 0.3) is 0 Å². The Morgan fingerprint density at radius 3 is 1.92 bits per heavy atom. The molecular formula is C20H28N2O3S. The molecule has 0 atom stereocenters. The normalized spacial score (nSPS) is 11.9. The van der Waals surface area contributed by atoms with Gasteiger partial charge in [0.15, 0.2) is 0 Å². The van der Waals surface area contributed by atoms with E-state index in [9.17, 15) is 8.42 Å². The average Bonchev–Trinajstić information content (AvgIpc) is 2.63. The van der Waals surface area contributed by atoms with Crippen molar-refractivity contribution in [3.8, 4) is 5.75 Å². The van der Waals surface area contributed by atoms with E-state index < -0.39 is 10.0 Å². The number of rotatable bonds is 9. The Labute approximate surface area is 157 Å². The Balaban J connectivity index is 1.91. The van der Waals surface area contributed by atoms with E-state index in [4.69, 9.17) is 4.74 Å². The number of nitrogens with one attached hydrogen (secondary N) is 1. The molecule has 2 rings (SSSR count). The molecule has 1 N–H and O–H groups in total. The minimum Gasteiger partial charge on any atom is -0.494 e. The molecule has 0 aliphatic rings. The van der Waals surface area contributed by atoms with E-state index in [-0.39, 0.29) is 6.04 Å². The number of nitrogens with zero attached hydrogens (tertiary/aromatic N) is 1. The van der Waals surface area contributed by atoms with Gasteiger partial charge in [0.2, 0.25) is 10.0 Å². The summed E-state index contributed by atoms with van der Waals surface area (Å²) < 4.78 is 31.7. The van der Waals surface area contributed by atoms with Crippen molar-refractivity contribution in [1.82, 2.24) is 9.62 Å². The molecule has 5 nitrogen and oxygen atoms in total. The molecule has 2 aromatic carbocycles. The Kier molecular flexibility index (Phi) is 7.20. The Morgan fingerprint density at radius 1 is 0.962 bits per heavy atom. The molecule has 0 aliphatic carbocycles. The van der Waals surface area contributed by atoms with Crippen LogP contribution in [0.5, 0.6) is 5.75 Å². The highest BCUT2D eigenvalue weighted by Gasteiger charge is 2.22. The van der Waals surface area contributed by atoms with Crippen LogP contribution in [0.1, 0.15) is 31.9 Å². The predicted octanol–water partition coefficient (Wildman–Crippen LogP) is 3.40. The van der Waals surface area contributed by atoms with Gasteiger partial charge in [0, 0.05) is 26.2 Å². The molecule has 0 unspecified atom stereocenters. The Morgan fingerprint density at radius 2 is 1.46 bits per heavy atom. The summed E-state index contributed by atoms with van der Waals surface area (Å²) in [6.45, 7) is 7.76. The van der Waals surface area contributed by atoms with E-state index in [2.05, 4.69) is 5.32 Å². The molecule has 0 saturated carbocycles. The van der Waals surface area contributed by atoms with Gasteiger partial charge in [-0.05, 0) is 56.2 Å². The van der Waals surface area contributed by atoms with Crippen LogP contribution in [-0.4, -0.2) is 32.4 Å². The van der Waals surface area contributed by atoms with Crippen molar-refractivity contribution in [3.05, 3.63) is 59.7 Å². The van der Waals surface area contributed by atoms with E-state index >= 15 is 0 Å². The molecule has 0 fully saturated rings. The van der Waals surface area contributed by atoms with Crippen LogP contribution in [0.15, 0.2) is 53.4 Å². The van der Waals surface area contributed by atoms with Gasteiger partial charge in [0.05, 0.1) is 11.5 Å². The molecule has 26 heavy (non-hydrogen) atoms. The number of sulfonamides is 1. The molecule has 2 aromatic rings. The van der Waals surface area contributed by atoms with Gasteiger partial charge in [-0.1, -0.05) is 24.3 Å². The molecule has 0 aromatic heterocycles. The lowest BCUT2D eigenvalue weighted by molar-refractivity contribution is 0.340. The zero-order valence-corrected chi connectivity index (χ0v) is 16.7. The fourth-order valence-electron chi connectivity index (χ4n) is 2.44. The van der Waals surface area contributed by atoms with E-state index in [1.165, 1.54) is 9.87 Å². The molecule has 0 radical (unpaired) electrons. The van der Waals surface area contributed by atoms with Gasteiger partial charge < -0.3 is 10.1 Å². The van der Waals surface area contributed by atoms with Crippen molar-refractivity contribution >= 4 is 10.0 Å². The number of benzene rings is 2. The maximum absolute atomic E-state index is 12.5. The summed E-state index contributed by atoms with van der Waals surface area (Å²) in [5, 5.41) is 3.37. The third-order valence-electron chi connectivity index (χ3n) is 4.22. The summed E-state index contributed by atoms with van der Waals surface area (Å²) in [4.78, 5) is 0.323. The summed E-state index contributed by atoms with van der Waals surface area (Å²) in [6, 6.07) is 15.0. The van der Waals surface area contributed by atoms with E-state index in [1.54, 1.807) is 19.2 Å². The van der Waals surface area contributed by atoms with E-state index in [0.29, 0.717) is 18.0 Å². The van der Waals surface area contributed by atoms with Crippen LogP contribution in [0.3, 0.4) is 0 Å². The molecule has 0 aliphatic heterocycles. The summed E-state index contributed by atoms with van der Waals surface area (Å²) in [7, 11) is -1.82. The first-order chi connectivity index (χ1) is 12.3. The third kappa shape index (κ3) is 5.30. The van der Waals surface area contributed by atoms with Gasteiger partial charge in [-0.25, -0.2) is 8.42 Å². The SMILES string of the molecule is CCOc1ccc(CNCc2ccc(S(=O)(=O)N(C)C(C)C)cc2)cc1. The second-order valence-electron chi connectivity index (χ2n) is 6.44. The van der Waals surface area contributed by atoms with E-state index in [0.717, 1.165) is 17.9 Å². The minimum absolute atomic E-state index is 0.0737. The van der Waals surface area contributed by atoms with Crippen LogP contribution in [0.2, 0.25) is 0 Å². The maximum Gasteiger partial charge on any atom is 0.243 e. The molecule has 0 amide bonds. The fraction of sp³-hybridized carbons (Fsp3) is 0.400. The average molecular weight is 377 g/mol. The van der Waals surface area contributed by atoms with Gasteiger partial charge in [-0.3, -0.25) is 0 Å². The molecule has 0 bridgehead atoms. The van der Waals surface area contributed by atoms with Gasteiger partial charge in [-0.2, -0.15) is 4.31 Å². The van der Waals surface area contributed by atoms with Crippen LogP contribution < -0.4 is 10.1 Å². The minimum atomic E-state index is -3.43. The lowest BCUT2D eigenvalue weighted by Gasteiger charge is -2.21. The second-order valence-corrected chi connectivity index (χ2v) is 8.44. The van der Waals surface area contributed by atoms with Crippen molar-refractivity contribution in [2.75, 3.05) is 13.7 Å². The zero-order valence-electron chi connectivity index (χ0n) is 15.9. The van der Waals surface area contributed by atoms with Crippen molar-refractivity contribution in [2.45, 2.75) is 44.8 Å². The number of hydrogen-bond acceptors (Lipinski definition) is 4. The van der Waals surface area contributed by atoms with Crippen LogP contribution in [-0.2, 0) is 23.1 Å². The molecule has 0 heterocycles. The predicted molar refractivity (Wildman–Crippen MR) is 105 cm³/mol. The molecular weight excluding hydrogens is 348 g/mol. The van der Waals surface area contributed by atoms with Gasteiger partial charge in [0.1, 0.15) is 5.75 Å². The summed E-state index contributed by atoms with van der Waals surface area (Å²) >= 11 is 0.